The molecule has 0 radical (unpaired) electrons. The number of nitrogens with one attached hydrogen (secondary N) is 1. The van der Waals surface area contributed by atoms with Gasteiger partial charge in [-0.25, -0.2) is 0 Å². The maximum absolute atomic E-state index is 13.0. The van der Waals surface area contributed by atoms with Crippen molar-refractivity contribution in [2.45, 2.75) is 21.0 Å². The Labute approximate surface area is 146 Å². The summed E-state index contributed by atoms with van der Waals surface area (Å²) in [6.45, 7) is 0. The van der Waals surface area contributed by atoms with Gasteiger partial charge in [0.25, 0.3) is 0 Å². The third kappa shape index (κ3) is 4.45. The number of hydrogen-bond acceptors (Lipinski definition) is 2. The van der Waals surface area contributed by atoms with E-state index in [1.165, 1.54) is 6.07 Å². The Morgan fingerprint density at radius 2 is 1.70 bits per heavy atom. The van der Waals surface area contributed by atoms with Gasteiger partial charge in [-0.1, -0.05) is 0 Å². The molecular weight excluding hydrogens is 455 g/mol. The van der Waals surface area contributed by atoms with Crippen LogP contribution in [0.4, 0.5) is 24.7 Å². The van der Waals surface area contributed by atoms with Crippen LogP contribution in [0.3, 0.4) is 0 Å². The van der Waals surface area contributed by atoms with Gasteiger partial charge in [0.05, 0.1) is 0 Å². The van der Waals surface area contributed by atoms with Gasteiger partial charge in [-0.05, 0) is 0 Å². The zero-order chi connectivity index (χ0) is 17.4. The number of aromatic nitrogens is 1. The molecule has 0 aliphatic heterocycles. The fourth-order valence-corrected chi connectivity index (χ4v) is 6.42. The Bertz CT molecular complexity index is 728. The SMILES string of the molecule is [CH3][Sn]([CH3])([CH3])[c]1ccc(C(F)(F)F)nc1Nc1cccc(Cl)c1Cl. The number of hydrogen-bond donors (Lipinski definition) is 1. The van der Waals surface area contributed by atoms with Gasteiger partial charge < -0.3 is 0 Å². The number of pyridine rings is 1. The molecule has 1 aromatic carbocycles. The predicted octanol–water partition coefficient (Wildman–Crippen LogP) is 5.70. The maximum atomic E-state index is 13.0. The molecule has 0 saturated carbocycles. The molecule has 23 heavy (non-hydrogen) atoms. The number of benzene rings is 1. The summed E-state index contributed by atoms with van der Waals surface area (Å²) in [6, 6.07) is 7.48. The fourth-order valence-electron chi connectivity index (χ4n) is 2.05. The van der Waals surface area contributed by atoms with E-state index in [0.29, 0.717) is 10.7 Å². The van der Waals surface area contributed by atoms with Crippen molar-refractivity contribution in [2.24, 2.45) is 0 Å². The molecule has 2 nitrogen and oxygen atoms in total. The number of anilines is 2. The first kappa shape index (κ1) is 18.7. The van der Waals surface area contributed by atoms with E-state index in [0.717, 1.165) is 9.65 Å². The van der Waals surface area contributed by atoms with Gasteiger partial charge in [0.2, 0.25) is 0 Å². The van der Waals surface area contributed by atoms with Gasteiger partial charge in [0.1, 0.15) is 0 Å². The minimum atomic E-state index is -4.50. The van der Waals surface area contributed by atoms with Gasteiger partial charge in [0.15, 0.2) is 0 Å². The number of halogens is 5. The summed E-state index contributed by atoms with van der Waals surface area (Å²) in [6.07, 6.45) is -4.50. The fraction of sp³-hybridized carbons (Fsp3) is 0.267. The van der Waals surface area contributed by atoms with E-state index in [1.54, 1.807) is 18.2 Å². The van der Waals surface area contributed by atoms with Crippen LogP contribution in [0.15, 0.2) is 30.3 Å². The number of rotatable bonds is 3. The Morgan fingerprint density at radius 1 is 1.04 bits per heavy atom. The Morgan fingerprint density at radius 3 is 2.26 bits per heavy atom. The van der Waals surface area contributed by atoms with Crippen LogP contribution in [0.25, 0.3) is 0 Å². The molecule has 0 unspecified atom stereocenters. The van der Waals surface area contributed by atoms with Gasteiger partial charge in [0, 0.05) is 0 Å². The summed E-state index contributed by atoms with van der Waals surface area (Å²) in [5.41, 5.74) is -0.500. The molecule has 0 atom stereocenters. The molecule has 0 aliphatic rings. The van der Waals surface area contributed by atoms with Crippen LogP contribution in [-0.4, -0.2) is 23.4 Å². The van der Waals surface area contributed by atoms with Crippen molar-refractivity contribution in [1.29, 1.82) is 0 Å². The van der Waals surface area contributed by atoms with Crippen LogP contribution in [0.2, 0.25) is 24.9 Å². The van der Waals surface area contributed by atoms with Gasteiger partial charge in [-0.2, -0.15) is 0 Å². The quantitative estimate of drug-likeness (QED) is 0.584. The van der Waals surface area contributed by atoms with E-state index in [4.69, 9.17) is 23.2 Å². The van der Waals surface area contributed by atoms with Crippen LogP contribution >= 0.6 is 23.2 Å². The van der Waals surface area contributed by atoms with E-state index in [2.05, 4.69) is 25.1 Å². The second-order valence-electron chi connectivity index (χ2n) is 6.07. The zero-order valence-corrected chi connectivity index (χ0v) is 17.1. The van der Waals surface area contributed by atoms with E-state index in [9.17, 15) is 13.2 Å². The summed E-state index contributed by atoms with van der Waals surface area (Å²) in [5.74, 6) is 0.201. The molecule has 0 fully saturated rings. The molecule has 2 rings (SSSR count). The van der Waals surface area contributed by atoms with Crippen molar-refractivity contribution < 1.29 is 13.2 Å². The second kappa shape index (κ2) is 6.68. The molecular formula is C15H15Cl2F3N2Sn. The first-order valence-electron chi connectivity index (χ1n) is 6.80. The summed E-state index contributed by atoms with van der Waals surface area (Å²) in [7, 11) is 0. The third-order valence-corrected chi connectivity index (χ3v) is 9.78. The molecule has 124 valence electrons. The molecule has 0 spiro atoms. The van der Waals surface area contributed by atoms with Crippen molar-refractivity contribution >= 4 is 56.7 Å². The van der Waals surface area contributed by atoms with E-state index in [-0.39, 0.29) is 10.8 Å². The summed E-state index contributed by atoms with van der Waals surface area (Å²) < 4.78 is 39.7. The molecule has 0 saturated heterocycles. The molecule has 0 amide bonds. The van der Waals surface area contributed by atoms with Crippen molar-refractivity contribution in [2.75, 3.05) is 5.32 Å². The minimum absolute atomic E-state index is 0.201. The molecule has 1 N–H and O–H groups in total. The van der Waals surface area contributed by atoms with Crippen LogP contribution in [0.1, 0.15) is 5.69 Å². The number of alkyl halides is 3. The molecule has 2 aromatic rings. The first-order chi connectivity index (χ1) is 10.5. The van der Waals surface area contributed by atoms with Crippen LogP contribution in [0, 0.1) is 0 Å². The normalized spacial score (nSPS) is 12.3. The third-order valence-electron chi connectivity index (χ3n) is 3.20. The summed E-state index contributed by atoms with van der Waals surface area (Å²) >= 11 is 9.38. The van der Waals surface area contributed by atoms with E-state index < -0.39 is 30.2 Å². The standard InChI is InChI=1S/C12H6Cl2F3N2.3CH3.Sn/c13-7-3-1-4-8(11(7)14)18-10-6-2-5-9(19-10)12(15,16)17;;;;/h1-5H,(H,18,19);3*1H3;. The zero-order valence-electron chi connectivity index (χ0n) is 12.7. The monoisotopic (exact) mass is 470 g/mol. The first-order valence-corrected chi connectivity index (χ1v) is 17.5. The predicted molar refractivity (Wildman–Crippen MR) is 92.0 cm³/mol. The average Bonchev–Trinajstić information content (AvgIpc) is 2.41. The van der Waals surface area contributed by atoms with Crippen LogP contribution < -0.4 is 8.90 Å². The van der Waals surface area contributed by atoms with E-state index >= 15 is 0 Å². The molecule has 1 heterocycles. The Hall–Kier alpha value is -0.661. The van der Waals surface area contributed by atoms with Crippen molar-refractivity contribution in [3.05, 3.63) is 46.1 Å². The molecule has 8 heteroatoms. The van der Waals surface area contributed by atoms with E-state index in [1.807, 2.05) is 0 Å². The Kier molecular flexibility index (Phi) is 5.43. The topological polar surface area (TPSA) is 24.9 Å². The van der Waals surface area contributed by atoms with Crippen LogP contribution in [0.5, 0.6) is 0 Å². The summed E-state index contributed by atoms with van der Waals surface area (Å²) in [5, 5.41) is 3.50. The van der Waals surface area contributed by atoms with Crippen molar-refractivity contribution in [3.63, 3.8) is 0 Å². The van der Waals surface area contributed by atoms with Crippen molar-refractivity contribution in [3.8, 4) is 0 Å². The molecule has 0 bridgehead atoms. The molecule has 1 aromatic heterocycles. The Balaban J connectivity index is 2.56. The average molecular weight is 470 g/mol. The molecule has 0 aliphatic carbocycles. The van der Waals surface area contributed by atoms with Crippen molar-refractivity contribution in [1.82, 2.24) is 4.98 Å². The number of nitrogens with zero attached hydrogens (tertiary/aromatic N) is 1. The summed E-state index contributed by atoms with van der Waals surface area (Å²) in [4.78, 5) is 10.1. The van der Waals surface area contributed by atoms with Crippen LogP contribution in [-0.2, 0) is 6.18 Å². The van der Waals surface area contributed by atoms with Gasteiger partial charge >= 0.3 is 147 Å². The second-order valence-corrected chi connectivity index (χ2v) is 21.2. The van der Waals surface area contributed by atoms with Gasteiger partial charge in [-0.15, -0.1) is 0 Å². The van der Waals surface area contributed by atoms with Gasteiger partial charge in [-0.3, -0.25) is 0 Å².